The summed E-state index contributed by atoms with van der Waals surface area (Å²) in [6.45, 7) is 3.49. The minimum absolute atomic E-state index is 0.0589. The Hall–Kier alpha value is -2.63. The summed E-state index contributed by atoms with van der Waals surface area (Å²) < 4.78 is 0. The first-order valence-corrected chi connectivity index (χ1v) is 6.40. The molecule has 1 unspecified atom stereocenters. The minimum atomic E-state index is -1.06. The number of carbonyl (C=O) groups excluding carboxylic acids is 2. The molecule has 0 aromatic heterocycles. The van der Waals surface area contributed by atoms with Gasteiger partial charge in [0.25, 0.3) is 5.91 Å². The fraction of sp³-hybridized carbons (Fsp3) is 0.267. The van der Waals surface area contributed by atoms with Crippen LogP contribution in [0.25, 0.3) is 6.08 Å². The van der Waals surface area contributed by atoms with Crippen LogP contribution in [0.2, 0.25) is 0 Å². The molecule has 0 spiro atoms. The van der Waals surface area contributed by atoms with E-state index in [-0.39, 0.29) is 18.4 Å². The Morgan fingerprint density at radius 3 is 2.57 bits per heavy atom. The van der Waals surface area contributed by atoms with Gasteiger partial charge in [-0.25, -0.2) is 4.79 Å². The van der Waals surface area contributed by atoms with Gasteiger partial charge < -0.3 is 16.2 Å². The number of aryl methyl sites for hydroxylation is 1. The summed E-state index contributed by atoms with van der Waals surface area (Å²) in [5.74, 6) is -1.88. The molecular formula is C15H18N2O4. The molecule has 6 heteroatoms. The molecule has 0 saturated carbocycles. The van der Waals surface area contributed by atoms with Crippen molar-refractivity contribution in [2.45, 2.75) is 26.3 Å². The molecule has 0 radical (unpaired) electrons. The van der Waals surface area contributed by atoms with E-state index in [1.165, 1.54) is 6.08 Å². The van der Waals surface area contributed by atoms with E-state index in [0.29, 0.717) is 11.1 Å². The van der Waals surface area contributed by atoms with Crippen LogP contribution in [0.3, 0.4) is 0 Å². The largest absolute Gasteiger partial charge is 0.478 e. The van der Waals surface area contributed by atoms with Crippen molar-refractivity contribution < 1.29 is 19.5 Å². The summed E-state index contributed by atoms with van der Waals surface area (Å²) in [5, 5.41) is 11.3. The van der Waals surface area contributed by atoms with Gasteiger partial charge in [0.05, 0.1) is 0 Å². The Labute approximate surface area is 122 Å². The van der Waals surface area contributed by atoms with Crippen molar-refractivity contribution in [2.24, 2.45) is 5.73 Å². The van der Waals surface area contributed by atoms with Crippen LogP contribution in [0.4, 0.5) is 0 Å². The number of hydrogen-bond donors (Lipinski definition) is 3. The van der Waals surface area contributed by atoms with Gasteiger partial charge in [-0.3, -0.25) is 9.59 Å². The van der Waals surface area contributed by atoms with E-state index >= 15 is 0 Å². The lowest BCUT2D eigenvalue weighted by molar-refractivity contribution is -0.131. The molecule has 21 heavy (non-hydrogen) atoms. The number of carbonyl (C=O) groups is 3. The molecule has 0 aliphatic carbocycles. The molecule has 0 aliphatic rings. The van der Waals surface area contributed by atoms with E-state index in [4.69, 9.17) is 10.8 Å². The summed E-state index contributed by atoms with van der Waals surface area (Å²) in [6, 6.07) is 4.67. The van der Waals surface area contributed by atoms with Gasteiger partial charge in [0, 0.05) is 24.1 Å². The monoisotopic (exact) mass is 290 g/mol. The van der Waals surface area contributed by atoms with Gasteiger partial charge >= 0.3 is 5.97 Å². The molecule has 112 valence electrons. The van der Waals surface area contributed by atoms with Gasteiger partial charge in [-0.1, -0.05) is 6.07 Å². The van der Waals surface area contributed by atoms with Crippen LogP contribution >= 0.6 is 0 Å². The fourth-order valence-electron chi connectivity index (χ4n) is 1.87. The number of aliphatic carboxylic acids is 1. The van der Waals surface area contributed by atoms with Crippen molar-refractivity contribution in [3.8, 4) is 0 Å². The molecule has 1 rings (SSSR count). The van der Waals surface area contributed by atoms with Crippen molar-refractivity contribution in [2.75, 3.05) is 0 Å². The van der Waals surface area contributed by atoms with Gasteiger partial charge in [-0.2, -0.15) is 0 Å². The highest BCUT2D eigenvalue weighted by molar-refractivity contribution is 5.95. The van der Waals surface area contributed by atoms with Crippen molar-refractivity contribution in [1.82, 2.24) is 5.32 Å². The smallest absolute Gasteiger partial charge is 0.328 e. The first-order valence-electron chi connectivity index (χ1n) is 6.40. The molecule has 0 heterocycles. The second-order valence-electron chi connectivity index (χ2n) is 4.85. The normalized spacial score (nSPS) is 12.1. The zero-order valence-electron chi connectivity index (χ0n) is 11.9. The topological polar surface area (TPSA) is 109 Å². The van der Waals surface area contributed by atoms with E-state index < -0.39 is 11.9 Å². The maximum atomic E-state index is 12.1. The fourth-order valence-corrected chi connectivity index (χ4v) is 1.87. The molecule has 4 N–H and O–H groups in total. The average molecular weight is 290 g/mol. The number of nitrogens with two attached hydrogens (primary N) is 1. The molecule has 0 saturated heterocycles. The minimum Gasteiger partial charge on any atom is -0.478 e. The number of primary amides is 1. The molecule has 0 aliphatic heterocycles. The number of amides is 2. The standard InChI is InChI=1S/C15H18N2O4/c1-9-5-11(3-4-14(19)20)8-12(6-9)15(21)17-10(2)7-13(16)18/h3-6,8,10H,7H2,1-2H3,(H2,16,18)(H,17,21)(H,19,20)/b4-3+. The molecule has 1 aromatic carbocycles. The third-order valence-electron chi connectivity index (χ3n) is 2.67. The van der Waals surface area contributed by atoms with Crippen LogP contribution in [-0.4, -0.2) is 28.9 Å². The lowest BCUT2D eigenvalue weighted by atomic mass is 10.0. The summed E-state index contributed by atoms with van der Waals surface area (Å²) in [5.41, 5.74) is 6.91. The number of nitrogens with one attached hydrogen (secondary N) is 1. The van der Waals surface area contributed by atoms with Crippen LogP contribution in [0, 0.1) is 6.92 Å². The molecule has 6 nitrogen and oxygen atoms in total. The Kier molecular flexibility index (Phi) is 5.66. The van der Waals surface area contributed by atoms with E-state index in [2.05, 4.69) is 5.32 Å². The maximum Gasteiger partial charge on any atom is 0.328 e. The molecular weight excluding hydrogens is 272 g/mol. The zero-order chi connectivity index (χ0) is 16.0. The SMILES string of the molecule is Cc1cc(/C=C/C(=O)O)cc(C(=O)NC(C)CC(N)=O)c1. The Morgan fingerprint density at radius 1 is 1.33 bits per heavy atom. The highest BCUT2D eigenvalue weighted by atomic mass is 16.4. The van der Waals surface area contributed by atoms with Crippen LogP contribution < -0.4 is 11.1 Å². The maximum absolute atomic E-state index is 12.1. The first kappa shape index (κ1) is 16.4. The summed E-state index contributed by atoms with van der Waals surface area (Å²) >= 11 is 0. The number of rotatable bonds is 6. The van der Waals surface area contributed by atoms with Gasteiger partial charge in [-0.15, -0.1) is 0 Å². The first-order chi connectivity index (χ1) is 9.77. The molecule has 1 aromatic rings. The van der Waals surface area contributed by atoms with Crippen LogP contribution in [-0.2, 0) is 9.59 Å². The number of benzene rings is 1. The second-order valence-corrected chi connectivity index (χ2v) is 4.85. The second kappa shape index (κ2) is 7.23. The van der Waals surface area contributed by atoms with Crippen molar-refractivity contribution in [3.63, 3.8) is 0 Å². The number of carboxylic acids is 1. The third kappa shape index (κ3) is 5.90. The third-order valence-corrected chi connectivity index (χ3v) is 2.67. The van der Waals surface area contributed by atoms with Gasteiger partial charge in [-0.05, 0) is 43.2 Å². The molecule has 1 atom stereocenters. The lowest BCUT2D eigenvalue weighted by Crippen LogP contribution is -2.35. The predicted molar refractivity (Wildman–Crippen MR) is 78.6 cm³/mol. The molecule has 0 bridgehead atoms. The average Bonchev–Trinajstić information content (AvgIpc) is 2.34. The van der Waals surface area contributed by atoms with Crippen LogP contribution in [0.5, 0.6) is 0 Å². The Balaban J connectivity index is 2.89. The summed E-state index contributed by atoms with van der Waals surface area (Å²) in [6.07, 6.45) is 2.48. The van der Waals surface area contributed by atoms with Crippen LogP contribution in [0.1, 0.15) is 34.8 Å². The van der Waals surface area contributed by atoms with E-state index in [9.17, 15) is 14.4 Å². The number of hydrogen-bond acceptors (Lipinski definition) is 3. The van der Waals surface area contributed by atoms with E-state index in [1.807, 2.05) is 6.92 Å². The van der Waals surface area contributed by atoms with Crippen molar-refractivity contribution >= 4 is 23.9 Å². The van der Waals surface area contributed by atoms with Gasteiger partial charge in [0.2, 0.25) is 5.91 Å². The summed E-state index contributed by atoms with van der Waals surface area (Å²) in [4.78, 5) is 33.4. The highest BCUT2D eigenvalue weighted by Gasteiger charge is 2.12. The molecule has 0 fully saturated rings. The van der Waals surface area contributed by atoms with Crippen molar-refractivity contribution in [3.05, 3.63) is 41.0 Å². The van der Waals surface area contributed by atoms with E-state index in [1.54, 1.807) is 25.1 Å². The predicted octanol–water partition coefficient (Wildman–Crippen LogP) is 1.09. The lowest BCUT2D eigenvalue weighted by Gasteiger charge is -2.12. The highest BCUT2D eigenvalue weighted by Crippen LogP contribution is 2.12. The Bertz CT molecular complexity index is 593. The van der Waals surface area contributed by atoms with Gasteiger partial charge in [0.15, 0.2) is 0 Å². The molecule has 2 amide bonds. The van der Waals surface area contributed by atoms with Crippen LogP contribution in [0.15, 0.2) is 24.3 Å². The van der Waals surface area contributed by atoms with E-state index in [0.717, 1.165) is 11.6 Å². The van der Waals surface area contributed by atoms with Crippen molar-refractivity contribution in [1.29, 1.82) is 0 Å². The summed E-state index contributed by atoms with van der Waals surface area (Å²) in [7, 11) is 0. The Morgan fingerprint density at radius 2 is 2.00 bits per heavy atom. The quantitative estimate of drug-likeness (QED) is 0.681. The zero-order valence-corrected chi connectivity index (χ0v) is 11.9. The van der Waals surface area contributed by atoms with Gasteiger partial charge in [0.1, 0.15) is 0 Å². The number of carboxylic acid groups (broad SMARTS) is 1.